The molecule has 2 rings (SSSR count). The monoisotopic (exact) mass is 338 g/mol. The quantitative estimate of drug-likeness (QED) is 0.905. The van der Waals surface area contributed by atoms with Gasteiger partial charge in [0, 0.05) is 6.42 Å². The number of hydrogen-bond donors (Lipinski definition) is 1. The predicted octanol–water partition coefficient (Wildman–Crippen LogP) is 4.18. The fraction of sp³-hybridized carbons (Fsp3) is 0.250. The number of aliphatic hydroxyl groups excluding tert-OH is 1. The first kappa shape index (κ1) is 15.0. The van der Waals surface area contributed by atoms with Gasteiger partial charge in [-0.2, -0.15) is 0 Å². The van der Waals surface area contributed by atoms with E-state index in [1.807, 2.05) is 25.1 Å². The average molecular weight is 339 g/mol. The number of ether oxygens (including phenoxy) is 1. The molecule has 4 heteroatoms. The van der Waals surface area contributed by atoms with E-state index in [4.69, 9.17) is 4.74 Å². The van der Waals surface area contributed by atoms with Gasteiger partial charge in [-0.15, -0.1) is 0 Å². The Hall–Kier alpha value is -1.39. The van der Waals surface area contributed by atoms with Crippen LogP contribution in [0.3, 0.4) is 0 Å². The molecule has 0 radical (unpaired) electrons. The lowest BCUT2D eigenvalue weighted by Gasteiger charge is -2.16. The number of halogens is 2. The topological polar surface area (TPSA) is 29.5 Å². The van der Waals surface area contributed by atoms with Crippen molar-refractivity contribution in [2.45, 2.75) is 19.4 Å². The van der Waals surface area contributed by atoms with Crippen molar-refractivity contribution in [1.82, 2.24) is 0 Å². The molecule has 1 N–H and O–H groups in total. The second-order valence-corrected chi connectivity index (χ2v) is 5.47. The standard InChI is InChI=1S/C16H16BrFO2/c1-10-6-7-15(20-2)11(8-10)9-14(19)12-4-3-5-13(18)16(12)17/h3-8,14,19H,9H2,1-2H3. The van der Waals surface area contributed by atoms with Gasteiger partial charge in [0.25, 0.3) is 0 Å². The Balaban J connectivity index is 2.30. The van der Waals surface area contributed by atoms with Crippen LogP contribution in [0.5, 0.6) is 5.75 Å². The Morgan fingerprint density at radius 1 is 1.30 bits per heavy atom. The fourth-order valence-electron chi connectivity index (χ4n) is 2.16. The van der Waals surface area contributed by atoms with E-state index in [0.29, 0.717) is 16.5 Å². The van der Waals surface area contributed by atoms with Gasteiger partial charge in [0.05, 0.1) is 17.7 Å². The molecule has 0 amide bonds. The van der Waals surface area contributed by atoms with Crippen LogP contribution < -0.4 is 4.74 Å². The highest BCUT2D eigenvalue weighted by Crippen LogP contribution is 2.31. The van der Waals surface area contributed by atoms with E-state index in [1.54, 1.807) is 19.2 Å². The number of aliphatic hydroxyl groups is 1. The molecule has 0 aliphatic rings. The average Bonchev–Trinajstić information content (AvgIpc) is 2.42. The molecule has 2 aromatic rings. The summed E-state index contributed by atoms with van der Waals surface area (Å²) in [6, 6.07) is 10.4. The van der Waals surface area contributed by atoms with Crippen LogP contribution in [0.25, 0.3) is 0 Å². The van der Waals surface area contributed by atoms with Crippen LogP contribution in [0.4, 0.5) is 4.39 Å². The number of hydrogen-bond acceptors (Lipinski definition) is 2. The maximum atomic E-state index is 13.5. The van der Waals surface area contributed by atoms with Crippen molar-refractivity contribution in [1.29, 1.82) is 0 Å². The van der Waals surface area contributed by atoms with Crippen LogP contribution in [-0.2, 0) is 6.42 Å². The molecule has 20 heavy (non-hydrogen) atoms. The van der Waals surface area contributed by atoms with Crippen LogP contribution in [0.15, 0.2) is 40.9 Å². The Bertz CT molecular complexity index is 613. The van der Waals surface area contributed by atoms with Crippen LogP contribution in [-0.4, -0.2) is 12.2 Å². The Labute approximate surface area is 126 Å². The largest absolute Gasteiger partial charge is 0.496 e. The van der Waals surface area contributed by atoms with E-state index in [2.05, 4.69) is 15.9 Å². The molecule has 0 bridgehead atoms. The molecular weight excluding hydrogens is 323 g/mol. The predicted molar refractivity (Wildman–Crippen MR) is 80.5 cm³/mol. The molecule has 0 spiro atoms. The molecule has 0 fully saturated rings. The first-order valence-corrected chi connectivity index (χ1v) is 7.07. The summed E-state index contributed by atoms with van der Waals surface area (Å²) in [5, 5.41) is 10.3. The lowest BCUT2D eigenvalue weighted by molar-refractivity contribution is 0.176. The number of benzene rings is 2. The van der Waals surface area contributed by atoms with E-state index in [-0.39, 0.29) is 5.82 Å². The molecule has 2 nitrogen and oxygen atoms in total. The summed E-state index contributed by atoms with van der Waals surface area (Å²) < 4.78 is 19.1. The molecule has 1 atom stereocenters. The highest BCUT2D eigenvalue weighted by molar-refractivity contribution is 9.10. The van der Waals surface area contributed by atoms with Crippen molar-refractivity contribution in [3.05, 3.63) is 63.4 Å². The van der Waals surface area contributed by atoms with Gasteiger partial charge >= 0.3 is 0 Å². The van der Waals surface area contributed by atoms with Crippen molar-refractivity contribution < 1.29 is 14.2 Å². The molecule has 0 aliphatic carbocycles. The molecule has 0 saturated carbocycles. The number of methoxy groups -OCH3 is 1. The van der Waals surface area contributed by atoms with E-state index in [0.717, 1.165) is 16.9 Å². The lowest BCUT2D eigenvalue weighted by Crippen LogP contribution is -2.05. The Morgan fingerprint density at radius 3 is 2.75 bits per heavy atom. The van der Waals surface area contributed by atoms with Gasteiger partial charge in [-0.1, -0.05) is 29.8 Å². The normalized spacial score (nSPS) is 12.2. The minimum Gasteiger partial charge on any atom is -0.496 e. The molecule has 2 aromatic carbocycles. The maximum absolute atomic E-state index is 13.5. The van der Waals surface area contributed by atoms with E-state index in [9.17, 15) is 9.50 Å². The van der Waals surface area contributed by atoms with Gasteiger partial charge in [0.1, 0.15) is 11.6 Å². The van der Waals surface area contributed by atoms with Gasteiger partial charge in [-0.3, -0.25) is 0 Å². The van der Waals surface area contributed by atoms with Gasteiger partial charge < -0.3 is 9.84 Å². The summed E-state index contributed by atoms with van der Waals surface area (Å²) >= 11 is 3.18. The zero-order valence-electron chi connectivity index (χ0n) is 11.4. The van der Waals surface area contributed by atoms with Gasteiger partial charge in [-0.05, 0) is 46.1 Å². The molecule has 1 unspecified atom stereocenters. The summed E-state index contributed by atoms with van der Waals surface area (Å²) in [4.78, 5) is 0. The van der Waals surface area contributed by atoms with Crippen LogP contribution in [0.2, 0.25) is 0 Å². The van der Waals surface area contributed by atoms with Crippen molar-refractivity contribution in [3.8, 4) is 5.75 Å². The van der Waals surface area contributed by atoms with Crippen molar-refractivity contribution in [3.63, 3.8) is 0 Å². The summed E-state index contributed by atoms with van der Waals surface area (Å²) in [5.41, 5.74) is 2.52. The summed E-state index contributed by atoms with van der Waals surface area (Å²) in [6.07, 6.45) is -0.428. The highest BCUT2D eigenvalue weighted by Gasteiger charge is 2.16. The maximum Gasteiger partial charge on any atom is 0.137 e. The van der Waals surface area contributed by atoms with Crippen LogP contribution in [0, 0.1) is 12.7 Å². The van der Waals surface area contributed by atoms with Crippen LogP contribution in [0.1, 0.15) is 22.8 Å². The second-order valence-electron chi connectivity index (χ2n) is 4.68. The SMILES string of the molecule is COc1ccc(C)cc1CC(O)c1cccc(F)c1Br. The Morgan fingerprint density at radius 2 is 2.05 bits per heavy atom. The second kappa shape index (κ2) is 6.37. The Kier molecular flexibility index (Phi) is 4.78. The van der Waals surface area contributed by atoms with Gasteiger partial charge in [0.15, 0.2) is 0 Å². The van der Waals surface area contributed by atoms with Gasteiger partial charge in [0.2, 0.25) is 0 Å². The molecule has 0 aliphatic heterocycles. The van der Waals surface area contributed by atoms with E-state index < -0.39 is 6.10 Å². The van der Waals surface area contributed by atoms with Crippen molar-refractivity contribution in [2.75, 3.05) is 7.11 Å². The lowest BCUT2D eigenvalue weighted by atomic mass is 9.99. The first-order chi connectivity index (χ1) is 9.52. The van der Waals surface area contributed by atoms with Crippen molar-refractivity contribution in [2.24, 2.45) is 0 Å². The number of aryl methyl sites for hydroxylation is 1. The first-order valence-electron chi connectivity index (χ1n) is 6.28. The third-order valence-corrected chi connectivity index (χ3v) is 4.03. The highest BCUT2D eigenvalue weighted by atomic mass is 79.9. The van der Waals surface area contributed by atoms with E-state index in [1.165, 1.54) is 6.07 Å². The van der Waals surface area contributed by atoms with Gasteiger partial charge in [-0.25, -0.2) is 4.39 Å². The van der Waals surface area contributed by atoms with Crippen LogP contribution >= 0.6 is 15.9 Å². The molecule has 0 aromatic heterocycles. The minimum absolute atomic E-state index is 0.305. The number of rotatable bonds is 4. The minimum atomic E-state index is -0.796. The zero-order valence-corrected chi connectivity index (χ0v) is 12.9. The van der Waals surface area contributed by atoms with E-state index >= 15 is 0 Å². The molecule has 106 valence electrons. The zero-order chi connectivity index (χ0) is 14.7. The summed E-state index contributed by atoms with van der Waals surface area (Å²) in [6.45, 7) is 1.98. The smallest absolute Gasteiger partial charge is 0.137 e. The molecular formula is C16H16BrFO2. The van der Waals surface area contributed by atoms with Crippen molar-refractivity contribution >= 4 is 15.9 Å². The third kappa shape index (κ3) is 3.19. The fourth-order valence-corrected chi connectivity index (χ4v) is 2.69. The third-order valence-electron chi connectivity index (χ3n) is 3.19. The molecule has 0 heterocycles. The summed E-state index contributed by atoms with van der Waals surface area (Å²) in [5.74, 6) is 0.347. The molecule has 0 saturated heterocycles. The summed E-state index contributed by atoms with van der Waals surface area (Å²) in [7, 11) is 1.60.